The highest BCUT2D eigenvalue weighted by atomic mass is 32.2. The number of ether oxygens (including phenoxy) is 4. The molecule has 0 N–H and O–H groups in total. The van der Waals surface area contributed by atoms with Crippen LogP contribution < -0.4 is 9.47 Å². The van der Waals surface area contributed by atoms with Crippen LogP contribution in [0.15, 0.2) is 70.2 Å². The lowest BCUT2D eigenvalue weighted by atomic mass is 9.90. The first kappa shape index (κ1) is 31.2. The first-order valence-electron chi connectivity index (χ1n) is 14.8. The van der Waals surface area contributed by atoms with Crippen molar-refractivity contribution in [3.05, 3.63) is 76.3 Å². The summed E-state index contributed by atoms with van der Waals surface area (Å²) in [5.41, 5.74) is 3.04. The summed E-state index contributed by atoms with van der Waals surface area (Å²) in [6.07, 6.45) is 1.23. The lowest BCUT2D eigenvalue weighted by molar-refractivity contribution is -0.151. The molecule has 10 nitrogen and oxygen atoms in total. The van der Waals surface area contributed by atoms with Crippen molar-refractivity contribution in [2.75, 3.05) is 40.5 Å². The topological polar surface area (TPSA) is 107 Å². The third-order valence-corrected chi connectivity index (χ3v) is 8.78. The largest absolute Gasteiger partial charge is 0.497 e. The lowest BCUT2D eigenvalue weighted by Gasteiger charge is -2.38. The Kier molecular flexibility index (Phi) is 9.94. The van der Waals surface area contributed by atoms with Crippen LogP contribution >= 0.6 is 11.8 Å². The molecule has 0 aliphatic carbocycles. The molecule has 3 aliphatic rings. The summed E-state index contributed by atoms with van der Waals surface area (Å²) in [6, 6.07) is 14.3. The van der Waals surface area contributed by atoms with Gasteiger partial charge in [0.05, 0.1) is 57.1 Å². The molecule has 5 rings (SSSR count). The van der Waals surface area contributed by atoms with Gasteiger partial charge in [0, 0.05) is 36.0 Å². The summed E-state index contributed by atoms with van der Waals surface area (Å²) in [5, 5.41) is 2.56. The summed E-state index contributed by atoms with van der Waals surface area (Å²) < 4.78 is 22.1. The second-order valence-electron chi connectivity index (χ2n) is 10.4. The van der Waals surface area contributed by atoms with Crippen LogP contribution in [0.2, 0.25) is 0 Å². The molecule has 2 aromatic rings. The van der Waals surface area contributed by atoms with Crippen molar-refractivity contribution in [2.24, 2.45) is 10.9 Å². The molecule has 1 amide bonds. The van der Waals surface area contributed by atoms with Crippen molar-refractivity contribution in [3.63, 3.8) is 0 Å². The smallest absolute Gasteiger partial charge is 0.338 e. The van der Waals surface area contributed by atoms with Gasteiger partial charge in [-0.2, -0.15) is 0 Å². The third-order valence-electron chi connectivity index (χ3n) is 7.89. The van der Waals surface area contributed by atoms with Gasteiger partial charge in [-0.05, 0) is 44.2 Å². The van der Waals surface area contributed by atoms with E-state index in [1.54, 1.807) is 39.0 Å². The van der Waals surface area contributed by atoms with E-state index in [1.807, 2.05) is 52.8 Å². The van der Waals surface area contributed by atoms with Crippen LogP contribution in [0.4, 0.5) is 0 Å². The van der Waals surface area contributed by atoms with Crippen molar-refractivity contribution in [2.45, 2.75) is 39.2 Å². The number of thioether (sulfide) groups is 1. The van der Waals surface area contributed by atoms with Crippen LogP contribution in [-0.4, -0.2) is 73.3 Å². The number of likely N-dealkylation sites (tertiary alicyclic amines) is 1. The number of carbonyl (C=O) groups excluding carboxylic acids is 3. The van der Waals surface area contributed by atoms with E-state index >= 15 is 0 Å². The molecule has 1 fully saturated rings. The molecule has 2 aromatic carbocycles. The van der Waals surface area contributed by atoms with Gasteiger partial charge in [0.2, 0.25) is 5.91 Å². The van der Waals surface area contributed by atoms with Crippen molar-refractivity contribution < 1.29 is 33.3 Å². The van der Waals surface area contributed by atoms with E-state index < -0.39 is 12.0 Å². The highest BCUT2D eigenvalue weighted by Crippen LogP contribution is 2.49. The van der Waals surface area contributed by atoms with Gasteiger partial charge in [-0.15, -0.1) is 0 Å². The van der Waals surface area contributed by atoms with E-state index in [-0.39, 0.29) is 30.8 Å². The van der Waals surface area contributed by atoms with Gasteiger partial charge in [-0.1, -0.05) is 42.1 Å². The number of fused-ring (bicyclic) bond motifs is 1. The summed E-state index contributed by atoms with van der Waals surface area (Å²) in [5.74, 6) is 0.174. The van der Waals surface area contributed by atoms with Gasteiger partial charge >= 0.3 is 11.9 Å². The summed E-state index contributed by atoms with van der Waals surface area (Å²) >= 11 is 1.41. The zero-order valence-corrected chi connectivity index (χ0v) is 26.2. The SMILES string of the molecule is CCOC(=O)C1=C(c2ccccc2)N=C2SC=C(CC(=O)N3CCC(C(=O)OCC)CC3)N2[C@@H]1c1ccc(OC)cc1OC. The molecule has 0 radical (unpaired) electrons. The Morgan fingerprint density at radius 3 is 2.34 bits per heavy atom. The number of hydrogen-bond donors (Lipinski definition) is 0. The Bertz CT molecular complexity index is 1500. The number of esters is 2. The predicted molar refractivity (Wildman–Crippen MR) is 168 cm³/mol. The van der Waals surface area contributed by atoms with Crippen molar-refractivity contribution in [1.82, 2.24) is 9.80 Å². The molecule has 0 bridgehead atoms. The average Bonchev–Trinajstić information content (AvgIpc) is 3.46. The standard InChI is InChI=1S/C33H37N3O7S/c1-5-42-31(38)22-14-16-35(17-15-22)27(37)18-23-20-44-33-34-29(21-10-8-7-9-11-21)28(32(39)43-6-2)30(36(23)33)25-13-12-24(40-3)19-26(25)41-4/h7-13,19-20,22,30H,5-6,14-18H2,1-4H3/t30-/m1/s1. The lowest BCUT2D eigenvalue weighted by Crippen LogP contribution is -2.42. The fourth-order valence-electron chi connectivity index (χ4n) is 5.72. The molecule has 1 atom stereocenters. The Labute approximate surface area is 261 Å². The molecular formula is C33H37N3O7S. The molecular weight excluding hydrogens is 582 g/mol. The summed E-state index contributed by atoms with van der Waals surface area (Å²) in [6.45, 7) is 5.05. The summed E-state index contributed by atoms with van der Waals surface area (Å²) in [7, 11) is 3.15. The van der Waals surface area contributed by atoms with Gasteiger partial charge in [-0.3, -0.25) is 9.59 Å². The number of methoxy groups -OCH3 is 2. The van der Waals surface area contributed by atoms with E-state index in [2.05, 4.69) is 0 Å². The molecule has 3 heterocycles. The second-order valence-corrected chi connectivity index (χ2v) is 11.3. The molecule has 0 unspecified atom stereocenters. The van der Waals surface area contributed by atoms with E-state index in [9.17, 15) is 14.4 Å². The van der Waals surface area contributed by atoms with Crippen LogP contribution in [-0.2, 0) is 23.9 Å². The molecule has 0 spiro atoms. The van der Waals surface area contributed by atoms with Gasteiger partial charge in [-0.25, -0.2) is 9.79 Å². The quantitative estimate of drug-likeness (QED) is 0.333. The number of amidine groups is 1. The van der Waals surface area contributed by atoms with Crippen LogP contribution in [0, 0.1) is 5.92 Å². The number of amides is 1. The van der Waals surface area contributed by atoms with E-state index in [1.165, 1.54) is 11.8 Å². The molecule has 0 aromatic heterocycles. The number of rotatable bonds is 10. The monoisotopic (exact) mass is 619 g/mol. The predicted octanol–water partition coefficient (Wildman–Crippen LogP) is 5.17. The van der Waals surface area contributed by atoms with Gasteiger partial charge in [0.1, 0.15) is 11.5 Å². The summed E-state index contributed by atoms with van der Waals surface area (Å²) in [4.78, 5) is 48.4. The van der Waals surface area contributed by atoms with Crippen LogP contribution in [0.25, 0.3) is 5.70 Å². The van der Waals surface area contributed by atoms with Crippen molar-refractivity contribution in [1.29, 1.82) is 0 Å². The minimum Gasteiger partial charge on any atom is -0.497 e. The fourth-order valence-corrected chi connectivity index (χ4v) is 6.64. The van der Waals surface area contributed by atoms with Gasteiger partial charge < -0.3 is 28.7 Å². The fraction of sp³-hybridized carbons (Fsp3) is 0.394. The zero-order chi connectivity index (χ0) is 31.2. The van der Waals surface area contributed by atoms with Crippen LogP contribution in [0.3, 0.4) is 0 Å². The molecule has 44 heavy (non-hydrogen) atoms. The molecule has 11 heteroatoms. The van der Waals surface area contributed by atoms with Gasteiger partial charge in [0.15, 0.2) is 5.17 Å². The van der Waals surface area contributed by atoms with Crippen molar-refractivity contribution >= 4 is 40.5 Å². The minimum atomic E-state index is -0.693. The first-order chi connectivity index (χ1) is 21.4. The highest BCUT2D eigenvalue weighted by molar-refractivity contribution is 8.16. The molecule has 3 aliphatic heterocycles. The maximum atomic E-state index is 13.8. The first-order valence-corrected chi connectivity index (χ1v) is 15.6. The highest BCUT2D eigenvalue weighted by Gasteiger charge is 2.44. The normalized spacial score (nSPS) is 18.3. The zero-order valence-electron chi connectivity index (χ0n) is 25.4. The van der Waals surface area contributed by atoms with Gasteiger partial charge in [0.25, 0.3) is 0 Å². The maximum Gasteiger partial charge on any atom is 0.338 e. The minimum absolute atomic E-state index is 0.0589. The Hall–Kier alpha value is -4.25. The maximum absolute atomic E-state index is 13.8. The van der Waals surface area contributed by atoms with Crippen molar-refractivity contribution in [3.8, 4) is 11.5 Å². The van der Waals surface area contributed by atoms with E-state index in [4.69, 9.17) is 23.9 Å². The number of benzene rings is 2. The number of aliphatic imine (C=N–C) groups is 1. The molecule has 232 valence electrons. The van der Waals surface area contributed by atoms with Crippen LogP contribution in [0.1, 0.15) is 50.3 Å². The average molecular weight is 620 g/mol. The Balaban J connectivity index is 1.52. The number of carbonyl (C=O) groups is 3. The third kappa shape index (κ3) is 6.33. The Morgan fingerprint density at radius 2 is 1.68 bits per heavy atom. The van der Waals surface area contributed by atoms with E-state index in [0.717, 1.165) is 5.56 Å². The van der Waals surface area contributed by atoms with E-state index in [0.29, 0.717) is 71.7 Å². The Morgan fingerprint density at radius 1 is 0.955 bits per heavy atom. The van der Waals surface area contributed by atoms with Crippen LogP contribution in [0.5, 0.6) is 11.5 Å². The number of hydrogen-bond acceptors (Lipinski definition) is 10. The number of nitrogens with zero attached hydrogens (tertiary/aromatic N) is 3. The molecule has 1 saturated heterocycles. The molecule has 0 saturated carbocycles. The number of piperidine rings is 1. The second kappa shape index (κ2) is 14.0.